The lowest BCUT2D eigenvalue weighted by Gasteiger charge is -2.36. The van der Waals surface area contributed by atoms with Crippen LogP contribution in [0.25, 0.3) is 0 Å². The highest BCUT2D eigenvalue weighted by Crippen LogP contribution is 2.38. The van der Waals surface area contributed by atoms with Gasteiger partial charge in [0.15, 0.2) is 0 Å². The van der Waals surface area contributed by atoms with Crippen molar-refractivity contribution in [2.45, 2.75) is 58.4 Å². The summed E-state index contributed by atoms with van der Waals surface area (Å²) in [6.07, 6.45) is 6.24. The van der Waals surface area contributed by atoms with Crippen LogP contribution in [0.4, 0.5) is 0 Å². The molecule has 1 saturated carbocycles. The molecule has 0 aromatic rings. The number of carbonyl (C=O) groups excluding carboxylic acids is 1. The number of aliphatic hydroxyl groups excluding tert-OH is 1. The molecule has 0 bridgehead atoms. The zero-order valence-corrected chi connectivity index (χ0v) is 11.7. The summed E-state index contributed by atoms with van der Waals surface area (Å²) in [5, 5.41) is 12.2. The summed E-state index contributed by atoms with van der Waals surface area (Å²) in [5.74, 6) is 0.286. The molecular formula is C14H28N2O2. The van der Waals surface area contributed by atoms with E-state index in [1.165, 1.54) is 19.3 Å². The molecule has 0 aliphatic heterocycles. The van der Waals surface area contributed by atoms with Crippen molar-refractivity contribution in [2.24, 2.45) is 17.1 Å². The van der Waals surface area contributed by atoms with E-state index >= 15 is 0 Å². The third-order valence-corrected chi connectivity index (χ3v) is 4.23. The second-order valence-electron chi connectivity index (χ2n) is 6.04. The lowest BCUT2D eigenvalue weighted by molar-refractivity contribution is -0.125. The number of amides is 1. The van der Waals surface area contributed by atoms with Crippen LogP contribution in [0.5, 0.6) is 0 Å². The first-order valence-corrected chi connectivity index (χ1v) is 7.13. The van der Waals surface area contributed by atoms with E-state index in [2.05, 4.69) is 5.32 Å². The Kier molecular flexibility index (Phi) is 6.09. The van der Waals surface area contributed by atoms with Crippen molar-refractivity contribution in [3.8, 4) is 0 Å². The zero-order chi connectivity index (χ0) is 13.6. The molecule has 18 heavy (non-hydrogen) atoms. The minimum atomic E-state index is -0.143. The molecule has 1 aliphatic carbocycles. The van der Waals surface area contributed by atoms with E-state index in [0.717, 1.165) is 12.8 Å². The summed E-state index contributed by atoms with van der Waals surface area (Å²) >= 11 is 0. The molecule has 1 unspecified atom stereocenters. The predicted octanol–water partition coefficient (Wildman–Crippen LogP) is 1.42. The Morgan fingerprint density at radius 3 is 2.39 bits per heavy atom. The molecule has 0 heterocycles. The summed E-state index contributed by atoms with van der Waals surface area (Å²) < 4.78 is 0. The maximum atomic E-state index is 12.1. The van der Waals surface area contributed by atoms with Crippen molar-refractivity contribution in [1.82, 2.24) is 5.32 Å². The topological polar surface area (TPSA) is 75.3 Å². The van der Waals surface area contributed by atoms with Crippen LogP contribution in [0.2, 0.25) is 0 Å². The van der Waals surface area contributed by atoms with Crippen LogP contribution in [-0.4, -0.2) is 30.2 Å². The van der Waals surface area contributed by atoms with Gasteiger partial charge < -0.3 is 16.2 Å². The molecule has 0 aromatic heterocycles. The van der Waals surface area contributed by atoms with Crippen LogP contribution in [0.1, 0.15) is 52.4 Å². The van der Waals surface area contributed by atoms with E-state index in [4.69, 9.17) is 5.73 Å². The molecule has 1 rings (SSSR count). The Hall–Kier alpha value is -0.610. The number of carbonyl (C=O) groups is 1. The van der Waals surface area contributed by atoms with E-state index in [1.54, 1.807) is 0 Å². The summed E-state index contributed by atoms with van der Waals surface area (Å²) in [4.78, 5) is 12.1. The van der Waals surface area contributed by atoms with Crippen LogP contribution >= 0.6 is 0 Å². The SMILES string of the molecule is CC(C)C(CO)NC(=O)CC1(CN)CCCCC1. The quantitative estimate of drug-likeness (QED) is 0.673. The van der Waals surface area contributed by atoms with Gasteiger partial charge in [0.25, 0.3) is 0 Å². The Balaban J connectivity index is 2.51. The van der Waals surface area contributed by atoms with Gasteiger partial charge in [-0.25, -0.2) is 0 Å². The maximum Gasteiger partial charge on any atom is 0.220 e. The Labute approximate surface area is 110 Å². The van der Waals surface area contributed by atoms with Gasteiger partial charge in [-0.3, -0.25) is 4.79 Å². The van der Waals surface area contributed by atoms with Crippen LogP contribution < -0.4 is 11.1 Å². The summed E-state index contributed by atoms with van der Waals surface area (Å²) in [7, 11) is 0. The summed E-state index contributed by atoms with van der Waals surface area (Å²) in [6, 6.07) is -0.143. The molecule has 1 amide bonds. The van der Waals surface area contributed by atoms with Gasteiger partial charge in [-0.15, -0.1) is 0 Å². The third-order valence-electron chi connectivity index (χ3n) is 4.23. The van der Waals surface area contributed by atoms with Gasteiger partial charge in [-0.1, -0.05) is 33.1 Å². The molecular weight excluding hydrogens is 228 g/mol. The monoisotopic (exact) mass is 256 g/mol. The van der Waals surface area contributed by atoms with Gasteiger partial charge in [0.1, 0.15) is 0 Å². The second kappa shape index (κ2) is 7.10. The Morgan fingerprint density at radius 1 is 1.33 bits per heavy atom. The first-order chi connectivity index (χ1) is 8.53. The van der Waals surface area contributed by atoms with Gasteiger partial charge in [-0.05, 0) is 30.7 Å². The van der Waals surface area contributed by atoms with Crippen LogP contribution in [0.3, 0.4) is 0 Å². The molecule has 0 aromatic carbocycles. The maximum absolute atomic E-state index is 12.1. The first-order valence-electron chi connectivity index (χ1n) is 7.13. The standard InChI is InChI=1S/C14H28N2O2/c1-11(2)12(9-17)16-13(18)8-14(10-15)6-4-3-5-7-14/h11-12,17H,3-10,15H2,1-2H3,(H,16,18). The Bertz CT molecular complexity index is 261. The normalized spacial score (nSPS) is 20.7. The van der Waals surface area contributed by atoms with Crippen LogP contribution in [-0.2, 0) is 4.79 Å². The van der Waals surface area contributed by atoms with Crippen LogP contribution in [0, 0.1) is 11.3 Å². The van der Waals surface area contributed by atoms with E-state index < -0.39 is 0 Å². The van der Waals surface area contributed by atoms with Crippen molar-refractivity contribution >= 4 is 5.91 Å². The highest BCUT2D eigenvalue weighted by atomic mass is 16.3. The molecule has 1 aliphatic rings. The number of nitrogens with one attached hydrogen (secondary N) is 1. The van der Waals surface area contributed by atoms with Gasteiger partial charge >= 0.3 is 0 Å². The van der Waals surface area contributed by atoms with Crippen molar-refractivity contribution in [3.05, 3.63) is 0 Å². The minimum Gasteiger partial charge on any atom is -0.394 e. The molecule has 1 fully saturated rings. The fraction of sp³-hybridized carbons (Fsp3) is 0.929. The fourth-order valence-corrected chi connectivity index (χ4v) is 2.78. The second-order valence-corrected chi connectivity index (χ2v) is 6.04. The van der Waals surface area contributed by atoms with Gasteiger partial charge in [-0.2, -0.15) is 0 Å². The van der Waals surface area contributed by atoms with Gasteiger partial charge in [0.05, 0.1) is 12.6 Å². The third kappa shape index (κ3) is 4.25. The van der Waals surface area contributed by atoms with E-state index in [9.17, 15) is 9.90 Å². The molecule has 0 radical (unpaired) electrons. The predicted molar refractivity (Wildman–Crippen MR) is 73.0 cm³/mol. The Morgan fingerprint density at radius 2 is 1.94 bits per heavy atom. The fourth-order valence-electron chi connectivity index (χ4n) is 2.78. The zero-order valence-electron chi connectivity index (χ0n) is 11.7. The van der Waals surface area contributed by atoms with Crippen LogP contribution in [0.15, 0.2) is 0 Å². The number of aliphatic hydroxyl groups is 1. The molecule has 4 nitrogen and oxygen atoms in total. The molecule has 1 atom stereocenters. The van der Waals surface area contributed by atoms with Crippen molar-refractivity contribution in [2.75, 3.05) is 13.2 Å². The number of hydrogen-bond donors (Lipinski definition) is 3. The van der Waals surface area contributed by atoms with Crippen molar-refractivity contribution < 1.29 is 9.90 Å². The van der Waals surface area contributed by atoms with Gasteiger partial charge in [0.2, 0.25) is 5.91 Å². The van der Waals surface area contributed by atoms with E-state index in [1.807, 2.05) is 13.8 Å². The lowest BCUT2D eigenvalue weighted by Crippen LogP contribution is -2.45. The van der Waals surface area contributed by atoms with E-state index in [-0.39, 0.29) is 29.9 Å². The van der Waals surface area contributed by atoms with Crippen molar-refractivity contribution in [1.29, 1.82) is 0 Å². The lowest BCUT2D eigenvalue weighted by atomic mass is 9.71. The largest absolute Gasteiger partial charge is 0.394 e. The molecule has 0 saturated heterocycles. The first kappa shape index (κ1) is 15.4. The molecule has 0 spiro atoms. The minimum absolute atomic E-state index is 0.000676. The summed E-state index contributed by atoms with van der Waals surface area (Å²) in [5.41, 5.74) is 5.88. The number of rotatable bonds is 6. The highest BCUT2D eigenvalue weighted by Gasteiger charge is 2.33. The summed E-state index contributed by atoms with van der Waals surface area (Å²) in [6.45, 7) is 4.59. The van der Waals surface area contributed by atoms with Gasteiger partial charge in [0, 0.05) is 6.42 Å². The molecule has 4 N–H and O–H groups in total. The average Bonchev–Trinajstić information content (AvgIpc) is 2.36. The van der Waals surface area contributed by atoms with Crippen molar-refractivity contribution in [3.63, 3.8) is 0 Å². The highest BCUT2D eigenvalue weighted by molar-refractivity contribution is 5.77. The smallest absolute Gasteiger partial charge is 0.220 e. The molecule has 4 heteroatoms. The average molecular weight is 256 g/mol. The van der Waals surface area contributed by atoms with E-state index in [0.29, 0.717) is 13.0 Å². The number of nitrogens with two attached hydrogens (primary N) is 1. The molecule has 106 valence electrons. The number of hydrogen-bond acceptors (Lipinski definition) is 3.